The van der Waals surface area contributed by atoms with Gasteiger partial charge in [0.05, 0.1) is 31.1 Å². The molecule has 3 N–H and O–H groups in total. The average Bonchev–Trinajstić information content (AvgIpc) is 2.33. The number of carbonyl (C=O) groups is 2. The molecule has 0 radical (unpaired) electrons. The number of carboxylic acid groups (broad SMARTS) is 1. The maximum atomic E-state index is 10.6. The number of aryl methyl sites for hydroxylation is 1. The molecule has 0 aliphatic heterocycles. The third kappa shape index (κ3) is 8.81. The molecule has 8 nitrogen and oxygen atoms in total. The van der Waals surface area contributed by atoms with Gasteiger partial charge in [0, 0.05) is 6.07 Å². The number of rotatable bonds is 3. The summed E-state index contributed by atoms with van der Waals surface area (Å²) in [5.41, 5.74) is 4.32. The van der Waals surface area contributed by atoms with Crippen molar-refractivity contribution in [1.82, 2.24) is 5.32 Å². The predicted octanol–water partition coefficient (Wildman–Crippen LogP) is -3.17. The molecular formula is C10H12N2NiO6. The van der Waals surface area contributed by atoms with Gasteiger partial charge in [-0.1, -0.05) is 0 Å². The zero-order valence-electron chi connectivity index (χ0n) is 9.91. The minimum absolute atomic E-state index is 0. The van der Waals surface area contributed by atoms with Crippen LogP contribution in [0.2, 0.25) is 0 Å². The fourth-order valence-corrected chi connectivity index (χ4v) is 0.744. The van der Waals surface area contributed by atoms with Crippen LogP contribution in [0.3, 0.4) is 0 Å². The zero-order chi connectivity index (χ0) is 14.1. The molecule has 0 saturated carbocycles. The van der Waals surface area contributed by atoms with Crippen molar-refractivity contribution in [3.63, 3.8) is 0 Å². The van der Waals surface area contributed by atoms with E-state index >= 15 is 0 Å². The number of aliphatic carboxylic acids is 1. The first-order valence-electron chi connectivity index (χ1n) is 4.80. The van der Waals surface area contributed by atoms with E-state index in [1.807, 2.05) is 5.32 Å². The Labute approximate surface area is 118 Å². The molecule has 9 heteroatoms. The van der Waals surface area contributed by atoms with E-state index in [-0.39, 0.29) is 28.8 Å². The standard InChI is InChI=1S/C6H6O3.C4H8N2O3.Ni/c1-4-6(8)5(7)2-3-9-4;5-1-3(7)6-2-4(8)9;/h2-3,8H,1H3;1-2,5H2,(H,6,7)(H,8,9);/q;;+2/p-2. The quantitative estimate of drug-likeness (QED) is 0.559. The summed E-state index contributed by atoms with van der Waals surface area (Å²) in [4.78, 5) is 30.3. The predicted molar refractivity (Wildman–Crippen MR) is 56.2 cm³/mol. The van der Waals surface area contributed by atoms with Gasteiger partial charge in [0.2, 0.25) is 5.91 Å². The molecule has 108 valence electrons. The maximum Gasteiger partial charge on any atom is 2.00 e. The summed E-state index contributed by atoms with van der Waals surface area (Å²) in [7, 11) is 0. The number of amides is 1. The fourth-order valence-electron chi connectivity index (χ4n) is 0.744. The molecule has 1 aromatic heterocycles. The Kier molecular flexibility index (Phi) is 10.4. The van der Waals surface area contributed by atoms with Gasteiger partial charge in [-0.25, -0.2) is 0 Å². The van der Waals surface area contributed by atoms with E-state index in [1.54, 1.807) is 0 Å². The van der Waals surface area contributed by atoms with Crippen LogP contribution in [0.5, 0.6) is 5.75 Å². The molecule has 0 atom stereocenters. The van der Waals surface area contributed by atoms with Gasteiger partial charge in [-0.2, -0.15) is 0 Å². The summed E-state index contributed by atoms with van der Waals surface area (Å²) < 4.78 is 4.63. The molecule has 0 aromatic carbocycles. The van der Waals surface area contributed by atoms with E-state index < -0.39 is 29.6 Å². The average molecular weight is 315 g/mol. The van der Waals surface area contributed by atoms with Crippen LogP contribution in [0.25, 0.3) is 0 Å². The normalized spacial score (nSPS) is 8.53. The monoisotopic (exact) mass is 314 g/mol. The van der Waals surface area contributed by atoms with Crippen LogP contribution < -0.4 is 26.7 Å². The zero-order valence-corrected chi connectivity index (χ0v) is 10.9. The number of carbonyl (C=O) groups excluding carboxylic acids is 2. The summed E-state index contributed by atoms with van der Waals surface area (Å²) >= 11 is 0. The van der Waals surface area contributed by atoms with E-state index in [2.05, 4.69) is 4.42 Å². The molecular weight excluding hydrogens is 303 g/mol. The summed E-state index contributed by atoms with van der Waals surface area (Å²) in [5.74, 6) is -2.24. The molecule has 0 bridgehead atoms. The summed E-state index contributed by atoms with van der Waals surface area (Å²) in [5, 5.41) is 22.2. The smallest absolute Gasteiger partial charge is 0.868 e. The maximum absolute atomic E-state index is 10.6. The fraction of sp³-hybridized carbons (Fsp3) is 0.300. The Hall–Kier alpha value is -1.86. The summed E-state index contributed by atoms with van der Waals surface area (Å²) in [6.45, 7) is 0.785. The van der Waals surface area contributed by atoms with Crippen LogP contribution in [0, 0.1) is 6.92 Å². The topological polar surface area (TPSA) is 149 Å². The SMILES string of the molecule is Cc1occc(=O)c1[O-].NCC(=O)NCC(=O)[O-].[Ni+2]. The Balaban J connectivity index is 0. The van der Waals surface area contributed by atoms with E-state index in [1.165, 1.54) is 13.2 Å². The van der Waals surface area contributed by atoms with Crippen molar-refractivity contribution in [2.24, 2.45) is 5.73 Å². The van der Waals surface area contributed by atoms with Crippen molar-refractivity contribution in [3.05, 3.63) is 28.3 Å². The largest absolute Gasteiger partial charge is 2.00 e. The molecule has 0 saturated heterocycles. The van der Waals surface area contributed by atoms with E-state index in [4.69, 9.17) is 5.73 Å². The van der Waals surface area contributed by atoms with E-state index in [0.29, 0.717) is 0 Å². The number of nitrogens with one attached hydrogen (secondary N) is 1. The minimum Gasteiger partial charge on any atom is -0.868 e. The second-order valence-corrected chi connectivity index (χ2v) is 3.02. The second kappa shape index (κ2) is 10.1. The Morgan fingerprint density at radius 2 is 2.05 bits per heavy atom. The van der Waals surface area contributed by atoms with Gasteiger partial charge in [-0.15, -0.1) is 0 Å². The van der Waals surface area contributed by atoms with Crippen molar-refractivity contribution in [3.8, 4) is 5.75 Å². The molecule has 0 spiro atoms. The van der Waals surface area contributed by atoms with E-state index in [9.17, 15) is 24.6 Å². The summed E-state index contributed by atoms with van der Waals surface area (Å²) in [6.07, 6.45) is 1.21. The Morgan fingerprint density at radius 3 is 2.42 bits per heavy atom. The second-order valence-electron chi connectivity index (χ2n) is 3.02. The minimum atomic E-state index is -1.32. The van der Waals surface area contributed by atoms with Crippen molar-refractivity contribution in [2.75, 3.05) is 13.1 Å². The number of hydrogen-bond acceptors (Lipinski definition) is 7. The number of hydrogen-bond donors (Lipinski definition) is 2. The van der Waals surface area contributed by atoms with Gasteiger partial charge in [-0.3, -0.25) is 9.59 Å². The first-order chi connectivity index (χ1) is 8.38. The number of carboxylic acids is 1. The summed E-state index contributed by atoms with van der Waals surface area (Å²) in [6, 6.07) is 1.11. The Bertz CT molecular complexity index is 473. The molecule has 1 amide bonds. The molecule has 0 unspecified atom stereocenters. The molecule has 0 aliphatic carbocycles. The van der Waals surface area contributed by atoms with Gasteiger partial charge >= 0.3 is 16.5 Å². The van der Waals surface area contributed by atoms with Gasteiger partial charge in [0.25, 0.3) is 0 Å². The molecule has 19 heavy (non-hydrogen) atoms. The van der Waals surface area contributed by atoms with Crippen LogP contribution in [0.1, 0.15) is 5.76 Å². The first-order valence-corrected chi connectivity index (χ1v) is 4.80. The van der Waals surface area contributed by atoms with Crippen LogP contribution >= 0.6 is 0 Å². The van der Waals surface area contributed by atoms with Gasteiger partial charge in [-0.05, 0) is 12.7 Å². The third-order valence-electron chi connectivity index (χ3n) is 1.62. The van der Waals surface area contributed by atoms with Crippen LogP contribution in [-0.2, 0) is 26.1 Å². The van der Waals surface area contributed by atoms with Crippen molar-refractivity contribution in [2.45, 2.75) is 6.92 Å². The van der Waals surface area contributed by atoms with Crippen LogP contribution in [0.4, 0.5) is 0 Å². The van der Waals surface area contributed by atoms with Crippen molar-refractivity contribution >= 4 is 11.9 Å². The van der Waals surface area contributed by atoms with Gasteiger partial charge in [0.1, 0.15) is 0 Å². The van der Waals surface area contributed by atoms with E-state index in [0.717, 1.165) is 6.07 Å². The van der Waals surface area contributed by atoms with Crippen LogP contribution in [0.15, 0.2) is 21.5 Å². The molecule has 0 fully saturated rings. The van der Waals surface area contributed by atoms with Gasteiger partial charge < -0.3 is 30.5 Å². The molecule has 0 aliphatic rings. The van der Waals surface area contributed by atoms with Crippen molar-refractivity contribution < 1.29 is 40.7 Å². The molecule has 1 rings (SSSR count). The Morgan fingerprint density at radius 1 is 1.47 bits per heavy atom. The van der Waals surface area contributed by atoms with Crippen molar-refractivity contribution in [1.29, 1.82) is 0 Å². The first kappa shape index (κ1) is 19.5. The number of nitrogens with two attached hydrogens (primary N) is 1. The van der Waals surface area contributed by atoms with Gasteiger partial charge in [0.15, 0.2) is 5.43 Å². The van der Waals surface area contributed by atoms with Crippen LogP contribution in [-0.4, -0.2) is 25.0 Å². The molecule has 1 aromatic rings. The molecule has 1 heterocycles. The third-order valence-corrected chi connectivity index (χ3v) is 1.62.